The van der Waals surface area contributed by atoms with Crippen LogP contribution < -0.4 is 0 Å². The topological polar surface area (TPSA) is 78.1 Å². The van der Waals surface area contributed by atoms with Crippen molar-refractivity contribution in [3.63, 3.8) is 0 Å². The average molecular weight is 405 g/mol. The molecule has 3 aromatic rings. The molecule has 0 bridgehead atoms. The highest BCUT2D eigenvalue weighted by molar-refractivity contribution is 7.13. The Kier molecular flexibility index (Phi) is 5.05. The molecule has 0 unspecified atom stereocenters. The van der Waals surface area contributed by atoms with E-state index in [1.54, 1.807) is 6.92 Å². The number of esters is 1. The van der Waals surface area contributed by atoms with Gasteiger partial charge in [0.25, 0.3) is 11.8 Å². The van der Waals surface area contributed by atoms with Crippen LogP contribution in [0.15, 0.2) is 28.1 Å². The van der Waals surface area contributed by atoms with Crippen molar-refractivity contribution >= 4 is 52.1 Å². The van der Waals surface area contributed by atoms with Gasteiger partial charge in [0.2, 0.25) is 0 Å². The van der Waals surface area contributed by atoms with Gasteiger partial charge in [0.1, 0.15) is 0 Å². The molecule has 0 aliphatic carbocycles. The highest BCUT2D eigenvalue weighted by Crippen LogP contribution is 2.32. The van der Waals surface area contributed by atoms with Crippen LogP contribution in [-0.2, 0) is 4.74 Å². The molecule has 1 atom stereocenters. The summed E-state index contributed by atoms with van der Waals surface area (Å²) in [7, 11) is 0. The molecule has 3 heterocycles. The first kappa shape index (κ1) is 17.2. The fourth-order valence-electron chi connectivity index (χ4n) is 1.75. The number of aromatic nitrogens is 3. The molecule has 3 rings (SSSR count). The van der Waals surface area contributed by atoms with Crippen molar-refractivity contribution < 1.29 is 13.9 Å². The molecular formula is C14H8Cl3N3O3S. The molecule has 0 aliphatic heterocycles. The predicted octanol–water partition coefficient (Wildman–Crippen LogP) is 5.07. The number of ether oxygens (including phenoxy) is 1. The van der Waals surface area contributed by atoms with Crippen LogP contribution in [0.4, 0.5) is 0 Å². The summed E-state index contributed by atoms with van der Waals surface area (Å²) in [5.41, 5.74) is -0.143. The second kappa shape index (κ2) is 7.06. The van der Waals surface area contributed by atoms with E-state index >= 15 is 0 Å². The first-order valence-electron chi connectivity index (χ1n) is 6.55. The molecule has 0 N–H and O–H groups in total. The number of halogens is 3. The van der Waals surface area contributed by atoms with Crippen LogP contribution in [0.5, 0.6) is 0 Å². The molecule has 0 aromatic carbocycles. The summed E-state index contributed by atoms with van der Waals surface area (Å²) in [5, 5.41) is 9.80. The van der Waals surface area contributed by atoms with E-state index in [0.29, 0.717) is 5.89 Å². The van der Waals surface area contributed by atoms with Gasteiger partial charge < -0.3 is 9.15 Å². The monoisotopic (exact) mass is 403 g/mol. The van der Waals surface area contributed by atoms with Crippen LogP contribution in [0.3, 0.4) is 0 Å². The molecule has 0 saturated heterocycles. The van der Waals surface area contributed by atoms with E-state index < -0.39 is 12.1 Å². The molecule has 24 heavy (non-hydrogen) atoms. The smallest absolute Gasteiger partial charge is 0.359 e. The van der Waals surface area contributed by atoms with Gasteiger partial charge in [-0.1, -0.05) is 40.9 Å². The number of thiophene rings is 1. The summed E-state index contributed by atoms with van der Waals surface area (Å²) in [4.78, 5) is 16.9. The molecule has 0 radical (unpaired) electrons. The van der Waals surface area contributed by atoms with E-state index in [1.165, 1.54) is 17.5 Å². The van der Waals surface area contributed by atoms with E-state index in [4.69, 9.17) is 44.0 Å². The molecule has 0 saturated carbocycles. The quantitative estimate of drug-likeness (QED) is 0.565. The number of carbonyl (C=O) groups excluding carboxylic acids is 1. The maximum atomic E-state index is 12.2. The zero-order valence-electron chi connectivity index (χ0n) is 12.0. The van der Waals surface area contributed by atoms with Gasteiger partial charge >= 0.3 is 5.97 Å². The first-order chi connectivity index (χ1) is 11.5. The standard InChI is InChI=1S/C14H8Cl3N3O3S/c1-6(12-19-20-13(23-12)8-3-2-4-24-8)22-14(21)11-10(17)9(16)7(15)5-18-11/h2-6H,1H3/t6-/m0/s1. The third-order valence-electron chi connectivity index (χ3n) is 2.91. The largest absolute Gasteiger partial charge is 0.448 e. The summed E-state index contributed by atoms with van der Waals surface area (Å²) in [6, 6.07) is 3.71. The fraction of sp³-hybridized carbons (Fsp3) is 0.143. The van der Waals surface area contributed by atoms with Crippen LogP contribution in [0.25, 0.3) is 10.8 Å². The number of hydrogen-bond donors (Lipinski definition) is 0. The minimum atomic E-state index is -0.786. The molecule has 0 fully saturated rings. The van der Waals surface area contributed by atoms with Crippen LogP contribution >= 0.6 is 46.1 Å². The van der Waals surface area contributed by atoms with E-state index in [-0.39, 0.29) is 26.7 Å². The SMILES string of the molecule is C[C@H](OC(=O)c1ncc(Cl)c(Cl)c1Cl)c1nnc(-c2cccs2)o1. The Balaban J connectivity index is 1.76. The Morgan fingerprint density at radius 1 is 1.29 bits per heavy atom. The Morgan fingerprint density at radius 3 is 2.79 bits per heavy atom. The lowest BCUT2D eigenvalue weighted by atomic mass is 10.3. The minimum absolute atomic E-state index is 0.0331. The van der Waals surface area contributed by atoms with Crippen molar-refractivity contribution in [2.24, 2.45) is 0 Å². The molecule has 6 nitrogen and oxygen atoms in total. The number of pyridine rings is 1. The van der Waals surface area contributed by atoms with Gasteiger partial charge in [-0.25, -0.2) is 9.78 Å². The molecular weight excluding hydrogens is 397 g/mol. The van der Waals surface area contributed by atoms with Crippen LogP contribution in [-0.4, -0.2) is 21.2 Å². The molecule has 124 valence electrons. The van der Waals surface area contributed by atoms with Crippen LogP contribution in [0, 0.1) is 0 Å². The average Bonchev–Trinajstić information content (AvgIpc) is 3.23. The van der Waals surface area contributed by atoms with Crippen molar-refractivity contribution in [3.8, 4) is 10.8 Å². The van der Waals surface area contributed by atoms with Gasteiger partial charge in [0, 0.05) is 6.20 Å². The highest BCUT2D eigenvalue weighted by Gasteiger charge is 2.24. The summed E-state index contributed by atoms with van der Waals surface area (Å²) in [6.45, 7) is 1.59. The van der Waals surface area contributed by atoms with E-state index in [9.17, 15) is 4.79 Å². The molecule has 10 heteroatoms. The zero-order chi connectivity index (χ0) is 17.3. The summed E-state index contributed by atoms with van der Waals surface area (Å²) in [6.07, 6.45) is 0.435. The van der Waals surface area contributed by atoms with E-state index in [0.717, 1.165) is 4.88 Å². The van der Waals surface area contributed by atoms with Crippen LogP contribution in [0.2, 0.25) is 15.1 Å². The third-order valence-corrected chi connectivity index (χ3v) is 5.01. The number of nitrogens with zero attached hydrogens (tertiary/aromatic N) is 3. The summed E-state index contributed by atoms with van der Waals surface area (Å²) >= 11 is 19.1. The van der Waals surface area contributed by atoms with Gasteiger partial charge in [0.15, 0.2) is 11.8 Å². The van der Waals surface area contributed by atoms with Crippen molar-refractivity contribution in [3.05, 3.63) is 50.4 Å². The maximum absolute atomic E-state index is 12.2. The Hall–Kier alpha value is -1.67. The van der Waals surface area contributed by atoms with E-state index in [1.807, 2.05) is 17.5 Å². The minimum Gasteiger partial charge on any atom is -0.448 e. The Bertz CT molecular complexity index is 883. The number of carbonyl (C=O) groups is 1. The molecule has 0 aliphatic rings. The predicted molar refractivity (Wildman–Crippen MR) is 90.7 cm³/mol. The third kappa shape index (κ3) is 3.39. The van der Waals surface area contributed by atoms with Crippen molar-refractivity contribution in [1.82, 2.24) is 15.2 Å². The van der Waals surface area contributed by atoms with Gasteiger partial charge in [-0.15, -0.1) is 21.5 Å². The van der Waals surface area contributed by atoms with E-state index in [2.05, 4.69) is 15.2 Å². The number of hydrogen-bond acceptors (Lipinski definition) is 7. The second-order valence-corrected chi connectivity index (χ2v) is 6.66. The van der Waals surface area contributed by atoms with Crippen molar-refractivity contribution in [2.45, 2.75) is 13.0 Å². The summed E-state index contributed by atoms with van der Waals surface area (Å²) in [5.74, 6) is -0.265. The van der Waals surface area contributed by atoms with Crippen molar-refractivity contribution in [2.75, 3.05) is 0 Å². The van der Waals surface area contributed by atoms with Gasteiger partial charge in [-0.05, 0) is 18.4 Å². The lowest BCUT2D eigenvalue weighted by Gasteiger charge is -2.10. The maximum Gasteiger partial charge on any atom is 0.359 e. The van der Waals surface area contributed by atoms with Gasteiger partial charge in [-0.3, -0.25) is 0 Å². The second-order valence-electron chi connectivity index (χ2n) is 4.55. The summed E-state index contributed by atoms with van der Waals surface area (Å²) < 4.78 is 10.8. The van der Waals surface area contributed by atoms with Crippen molar-refractivity contribution in [1.29, 1.82) is 0 Å². The molecule has 0 amide bonds. The number of rotatable bonds is 4. The Morgan fingerprint density at radius 2 is 2.08 bits per heavy atom. The highest BCUT2D eigenvalue weighted by atomic mass is 35.5. The fourth-order valence-corrected chi connectivity index (χ4v) is 2.95. The lowest BCUT2D eigenvalue weighted by molar-refractivity contribution is 0.0273. The Labute approximate surface area is 155 Å². The normalized spacial score (nSPS) is 12.2. The lowest BCUT2D eigenvalue weighted by Crippen LogP contribution is -2.12. The first-order valence-corrected chi connectivity index (χ1v) is 8.56. The molecule has 0 spiro atoms. The van der Waals surface area contributed by atoms with Gasteiger partial charge in [0.05, 0.1) is 19.9 Å². The van der Waals surface area contributed by atoms with Gasteiger partial charge in [-0.2, -0.15) is 0 Å². The molecule has 3 aromatic heterocycles. The zero-order valence-corrected chi connectivity index (χ0v) is 15.1. The van der Waals surface area contributed by atoms with Crippen LogP contribution in [0.1, 0.15) is 29.4 Å².